The fourth-order valence-corrected chi connectivity index (χ4v) is 1.64. The molecule has 0 unspecified atom stereocenters. The molecule has 1 heterocycles. The van der Waals surface area contributed by atoms with E-state index in [9.17, 15) is 12.3 Å². The quantitative estimate of drug-likeness (QED) is 0.730. The molecule has 0 aliphatic rings. The molecule has 6 heteroatoms. The predicted octanol–water partition coefficient (Wildman–Crippen LogP) is 1.53. The molecule has 0 aliphatic heterocycles. The Morgan fingerprint density at radius 1 is 1.20 bits per heavy atom. The average molecular weight is 226 g/mol. The van der Waals surface area contributed by atoms with E-state index in [0.29, 0.717) is 5.69 Å². The Hall–Kier alpha value is -1.69. The highest BCUT2D eigenvalue weighted by Gasteiger charge is 2.10. The number of rotatable bonds is 2. The van der Waals surface area contributed by atoms with E-state index in [0.717, 1.165) is 0 Å². The highest BCUT2D eigenvalue weighted by molar-refractivity contribution is 7.86. The lowest BCUT2D eigenvalue weighted by Crippen LogP contribution is -1.96. The standard InChI is InChI=1S/C9H7FN2O2S/c10-15(13,14)9-4-2-8(3-5-9)12-7-1-6-11-12/h1-7H. The Labute approximate surface area is 86.2 Å². The molecule has 0 aliphatic carbocycles. The summed E-state index contributed by atoms with van der Waals surface area (Å²) < 4.78 is 35.2. The number of benzene rings is 1. The van der Waals surface area contributed by atoms with Crippen molar-refractivity contribution in [3.05, 3.63) is 42.7 Å². The van der Waals surface area contributed by atoms with E-state index in [1.807, 2.05) is 0 Å². The van der Waals surface area contributed by atoms with E-state index in [2.05, 4.69) is 5.10 Å². The molecule has 2 rings (SSSR count). The van der Waals surface area contributed by atoms with Crippen LogP contribution in [0.5, 0.6) is 0 Å². The highest BCUT2D eigenvalue weighted by atomic mass is 32.3. The van der Waals surface area contributed by atoms with Crippen LogP contribution in [-0.4, -0.2) is 18.2 Å². The van der Waals surface area contributed by atoms with Gasteiger partial charge in [0.2, 0.25) is 0 Å². The first-order chi connectivity index (χ1) is 7.07. The summed E-state index contributed by atoms with van der Waals surface area (Å²) in [5.41, 5.74) is 0.674. The molecule has 78 valence electrons. The van der Waals surface area contributed by atoms with E-state index in [1.54, 1.807) is 23.1 Å². The van der Waals surface area contributed by atoms with Crippen LogP contribution in [0.3, 0.4) is 0 Å². The molecule has 2 aromatic rings. The largest absolute Gasteiger partial charge is 0.332 e. The van der Waals surface area contributed by atoms with E-state index in [4.69, 9.17) is 0 Å². The van der Waals surface area contributed by atoms with Crippen LogP contribution in [0, 0.1) is 0 Å². The van der Waals surface area contributed by atoms with E-state index in [-0.39, 0.29) is 4.90 Å². The topological polar surface area (TPSA) is 52.0 Å². The van der Waals surface area contributed by atoms with Gasteiger partial charge in [-0.2, -0.15) is 13.5 Å². The molecule has 0 atom stereocenters. The minimum Gasteiger partial charge on any atom is -0.241 e. The lowest BCUT2D eigenvalue weighted by atomic mass is 10.3. The first-order valence-corrected chi connectivity index (χ1v) is 5.50. The second kappa shape index (κ2) is 3.47. The Morgan fingerprint density at radius 3 is 2.33 bits per heavy atom. The van der Waals surface area contributed by atoms with Crippen molar-refractivity contribution in [3.8, 4) is 5.69 Å². The van der Waals surface area contributed by atoms with Crippen molar-refractivity contribution >= 4 is 10.2 Å². The summed E-state index contributed by atoms with van der Waals surface area (Å²) in [6, 6.07) is 7.11. The smallest absolute Gasteiger partial charge is 0.241 e. The minimum absolute atomic E-state index is 0.349. The van der Waals surface area contributed by atoms with Gasteiger partial charge in [0.15, 0.2) is 0 Å². The fourth-order valence-electron chi connectivity index (χ4n) is 1.18. The molecule has 1 aromatic heterocycles. The molecule has 0 radical (unpaired) electrons. The van der Waals surface area contributed by atoms with Crippen molar-refractivity contribution in [2.45, 2.75) is 4.90 Å². The Bertz CT molecular complexity index is 546. The zero-order chi connectivity index (χ0) is 10.9. The molecule has 0 fully saturated rings. The van der Waals surface area contributed by atoms with Gasteiger partial charge >= 0.3 is 10.2 Å². The summed E-state index contributed by atoms with van der Waals surface area (Å²) in [6.07, 6.45) is 3.30. The first kappa shape index (κ1) is 9.85. The van der Waals surface area contributed by atoms with Crippen LogP contribution in [0.2, 0.25) is 0 Å². The van der Waals surface area contributed by atoms with Gasteiger partial charge in [0.1, 0.15) is 0 Å². The van der Waals surface area contributed by atoms with Crippen molar-refractivity contribution in [2.75, 3.05) is 0 Å². The Balaban J connectivity index is 2.42. The number of halogens is 1. The monoisotopic (exact) mass is 226 g/mol. The van der Waals surface area contributed by atoms with Crippen LogP contribution in [0.15, 0.2) is 47.6 Å². The summed E-state index contributed by atoms with van der Waals surface area (Å²) in [5, 5.41) is 3.95. The maximum Gasteiger partial charge on any atom is 0.332 e. The third-order valence-corrected chi connectivity index (χ3v) is 2.72. The van der Waals surface area contributed by atoms with Gasteiger partial charge in [-0.3, -0.25) is 0 Å². The van der Waals surface area contributed by atoms with E-state index in [1.165, 1.54) is 24.3 Å². The number of hydrogen-bond acceptors (Lipinski definition) is 3. The summed E-state index contributed by atoms with van der Waals surface area (Å²) in [5.74, 6) is 0. The van der Waals surface area contributed by atoms with Crippen LogP contribution in [0.4, 0.5) is 3.89 Å². The summed E-state index contributed by atoms with van der Waals surface area (Å²) >= 11 is 0. The molecule has 0 spiro atoms. The Morgan fingerprint density at radius 2 is 1.87 bits per heavy atom. The zero-order valence-electron chi connectivity index (χ0n) is 7.54. The minimum atomic E-state index is -4.62. The molecule has 4 nitrogen and oxygen atoms in total. The van der Waals surface area contributed by atoms with Crippen molar-refractivity contribution < 1.29 is 12.3 Å². The average Bonchev–Trinajstić information content (AvgIpc) is 2.69. The van der Waals surface area contributed by atoms with Gasteiger partial charge in [-0.1, -0.05) is 0 Å². The van der Waals surface area contributed by atoms with Gasteiger partial charge < -0.3 is 0 Å². The third kappa shape index (κ3) is 2.04. The number of hydrogen-bond donors (Lipinski definition) is 0. The summed E-state index contributed by atoms with van der Waals surface area (Å²) in [6.45, 7) is 0. The second-order valence-electron chi connectivity index (χ2n) is 2.88. The summed E-state index contributed by atoms with van der Waals surface area (Å²) in [7, 11) is -4.62. The van der Waals surface area contributed by atoms with Gasteiger partial charge in [-0.25, -0.2) is 4.68 Å². The second-order valence-corrected chi connectivity index (χ2v) is 4.23. The maximum absolute atomic E-state index is 12.5. The molecule has 0 N–H and O–H groups in total. The highest BCUT2D eigenvalue weighted by Crippen LogP contribution is 2.14. The van der Waals surface area contributed by atoms with Crippen LogP contribution < -0.4 is 0 Å². The predicted molar refractivity (Wildman–Crippen MR) is 51.9 cm³/mol. The SMILES string of the molecule is O=S(=O)(F)c1ccc(-n2cccn2)cc1. The normalized spacial score (nSPS) is 11.5. The van der Waals surface area contributed by atoms with Gasteiger partial charge in [-0.05, 0) is 30.3 Å². The van der Waals surface area contributed by atoms with E-state index >= 15 is 0 Å². The fraction of sp³-hybridized carbons (Fsp3) is 0. The number of aromatic nitrogens is 2. The lowest BCUT2D eigenvalue weighted by Gasteiger charge is -2.01. The van der Waals surface area contributed by atoms with Crippen LogP contribution in [0.25, 0.3) is 5.69 Å². The van der Waals surface area contributed by atoms with Gasteiger partial charge in [-0.15, -0.1) is 3.89 Å². The van der Waals surface area contributed by atoms with Crippen LogP contribution >= 0.6 is 0 Å². The van der Waals surface area contributed by atoms with Crippen LogP contribution in [0.1, 0.15) is 0 Å². The van der Waals surface area contributed by atoms with Crippen LogP contribution in [-0.2, 0) is 10.2 Å². The van der Waals surface area contributed by atoms with Gasteiger partial charge in [0.25, 0.3) is 0 Å². The molecule has 0 amide bonds. The molecule has 0 bridgehead atoms. The summed E-state index contributed by atoms with van der Waals surface area (Å²) in [4.78, 5) is -0.349. The number of nitrogens with zero attached hydrogens (tertiary/aromatic N) is 2. The molecular formula is C9H7FN2O2S. The van der Waals surface area contributed by atoms with Gasteiger partial charge in [0.05, 0.1) is 10.6 Å². The zero-order valence-corrected chi connectivity index (χ0v) is 8.36. The molecule has 0 saturated heterocycles. The van der Waals surface area contributed by atoms with E-state index < -0.39 is 10.2 Å². The van der Waals surface area contributed by atoms with Crippen molar-refractivity contribution in [2.24, 2.45) is 0 Å². The molecule has 15 heavy (non-hydrogen) atoms. The molecule has 1 aromatic carbocycles. The molecular weight excluding hydrogens is 219 g/mol. The van der Waals surface area contributed by atoms with Crippen molar-refractivity contribution in [3.63, 3.8) is 0 Å². The third-order valence-electron chi connectivity index (χ3n) is 1.89. The van der Waals surface area contributed by atoms with Gasteiger partial charge in [0, 0.05) is 12.4 Å². The molecule has 0 saturated carbocycles. The van der Waals surface area contributed by atoms with Crippen molar-refractivity contribution in [1.82, 2.24) is 9.78 Å². The lowest BCUT2D eigenvalue weighted by molar-refractivity contribution is 0.552. The first-order valence-electron chi connectivity index (χ1n) is 4.12. The van der Waals surface area contributed by atoms with Crippen molar-refractivity contribution in [1.29, 1.82) is 0 Å². The Kier molecular flexibility index (Phi) is 2.28. The maximum atomic E-state index is 12.5.